The quantitative estimate of drug-likeness (QED) is 0.371. The second-order valence-corrected chi connectivity index (χ2v) is 8.57. The van der Waals surface area contributed by atoms with Crippen LogP contribution in [0.2, 0.25) is 0 Å². The van der Waals surface area contributed by atoms with Gasteiger partial charge in [0.1, 0.15) is 11.6 Å². The van der Waals surface area contributed by atoms with Gasteiger partial charge in [-0.15, -0.1) is 24.0 Å². The zero-order valence-corrected chi connectivity index (χ0v) is 19.1. The van der Waals surface area contributed by atoms with Gasteiger partial charge >= 0.3 is 0 Å². The molecule has 5 nitrogen and oxygen atoms in total. The molecule has 2 saturated heterocycles. The molecule has 2 saturated carbocycles. The van der Waals surface area contributed by atoms with Crippen LogP contribution in [0.4, 0.5) is 14.5 Å². The lowest BCUT2D eigenvalue weighted by Gasteiger charge is -2.63. The maximum absolute atomic E-state index is 14.1. The molecule has 8 heteroatoms. The number of hydrogen-bond acceptors (Lipinski definition) is 3. The van der Waals surface area contributed by atoms with Crippen molar-refractivity contribution in [3.8, 4) is 0 Å². The van der Waals surface area contributed by atoms with E-state index in [2.05, 4.69) is 15.2 Å². The van der Waals surface area contributed by atoms with Crippen molar-refractivity contribution in [2.45, 2.75) is 37.8 Å². The van der Waals surface area contributed by atoms with Gasteiger partial charge in [0.2, 0.25) is 0 Å². The number of guanidine groups is 1. The van der Waals surface area contributed by atoms with Crippen LogP contribution in [0.15, 0.2) is 23.2 Å². The Morgan fingerprint density at radius 3 is 2.62 bits per heavy atom. The summed E-state index contributed by atoms with van der Waals surface area (Å²) in [4.78, 5) is 8.69. The molecule has 4 aliphatic rings. The topological polar surface area (TPSA) is 40.1 Å². The number of rotatable bonds is 2. The first-order valence-corrected chi connectivity index (χ1v) is 10.4. The molecule has 29 heavy (non-hydrogen) atoms. The third-order valence-electron chi connectivity index (χ3n) is 7.36. The van der Waals surface area contributed by atoms with E-state index >= 15 is 0 Å². The summed E-state index contributed by atoms with van der Waals surface area (Å²) in [6, 6.07) is 4.10. The first-order valence-electron chi connectivity index (χ1n) is 10.4. The van der Waals surface area contributed by atoms with Gasteiger partial charge in [0.05, 0.1) is 11.8 Å². The minimum atomic E-state index is -0.402. The largest absolute Gasteiger partial charge is 0.377 e. The summed E-state index contributed by atoms with van der Waals surface area (Å²) in [7, 11) is 1.83. The highest BCUT2D eigenvalue weighted by atomic mass is 127. The first kappa shape index (κ1) is 21.1. The number of fused-ring (bicyclic) bond motifs is 2. The van der Waals surface area contributed by atoms with Crippen molar-refractivity contribution in [1.82, 2.24) is 10.2 Å². The molecule has 0 amide bonds. The molecule has 3 unspecified atom stereocenters. The lowest BCUT2D eigenvalue weighted by molar-refractivity contribution is -0.171. The molecule has 160 valence electrons. The number of ether oxygens (including phenoxy) is 1. The molecule has 4 fully saturated rings. The molecule has 1 aromatic carbocycles. The Balaban J connectivity index is 0.00000205. The maximum Gasteiger partial charge on any atom is 0.194 e. The summed E-state index contributed by atoms with van der Waals surface area (Å²) in [6.07, 6.45) is 5.35. The number of benzene rings is 1. The van der Waals surface area contributed by atoms with E-state index < -0.39 is 5.82 Å². The molecule has 2 aliphatic heterocycles. The van der Waals surface area contributed by atoms with E-state index in [9.17, 15) is 8.78 Å². The standard InChI is InChI=1S/C21H28F2N4O.HI/c1-24-20(25-18-15-5-12-28-19(15)21(18)6-2-7-21)27-10-8-26(9-11-27)17-13-14(22)3-4-16(17)23;/h3-4,13,15,18-19H,2,5-12H2,1H3,(H,24,25);1H. The third kappa shape index (κ3) is 3.40. The minimum Gasteiger partial charge on any atom is -0.377 e. The highest BCUT2D eigenvalue weighted by molar-refractivity contribution is 14.0. The van der Waals surface area contributed by atoms with Crippen molar-refractivity contribution in [3.63, 3.8) is 0 Å². The van der Waals surface area contributed by atoms with Gasteiger partial charge in [0.15, 0.2) is 5.96 Å². The van der Waals surface area contributed by atoms with Crippen LogP contribution in [0.5, 0.6) is 0 Å². The highest BCUT2D eigenvalue weighted by Crippen LogP contribution is 2.62. The molecule has 0 radical (unpaired) electrons. The van der Waals surface area contributed by atoms with Crippen LogP contribution < -0.4 is 10.2 Å². The van der Waals surface area contributed by atoms with Crippen molar-refractivity contribution in [2.24, 2.45) is 16.3 Å². The van der Waals surface area contributed by atoms with Crippen LogP contribution in [-0.2, 0) is 4.74 Å². The Morgan fingerprint density at radius 1 is 1.21 bits per heavy atom. The van der Waals surface area contributed by atoms with Gasteiger partial charge in [-0.3, -0.25) is 4.99 Å². The maximum atomic E-state index is 14.1. The summed E-state index contributed by atoms with van der Waals surface area (Å²) in [6.45, 7) is 3.64. The van der Waals surface area contributed by atoms with Crippen molar-refractivity contribution < 1.29 is 13.5 Å². The predicted molar refractivity (Wildman–Crippen MR) is 120 cm³/mol. The number of aliphatic imine (C=N–C) groups is 1. The molecular weight excluding hydrogens is 489 g/mol. The van der Waals surface area contributed by atoms with E-state index in [0.717, 1.165) is 38.1 Å². The number of anilines is 1. The number of piperazine rings is 1. The first-order chi connectivity index (χ1) is 13.6. The van der Waals surface area contributed by atoms with Gasteiger partial charge in [0.25, 0.3) is 0 Å². The number of hydrogen-bond donors (Lipinski definition) is 1. The van der Waals surface area contributed by atoms with Crippen molar-refractivity contribution in [1.29, 1.82) is 0 Å². The second kappa shape index (κ2) is 8.17. The van der Waals surface area contributed by atoms with Gasteiger partial charge in [0, 0.05) is 63.3 Å². The summed E-state index contributed by atoms with van der Waals surface area (Å²) in [5.74, 6) is 0.757. The molecule has 2 aliphatic carbocycles. The number of nitrogens with one attached hydrogen (secondary N) is 1. The summed E-state index contributed by atoms with van der Waals surface area (Å²) in [5.41, 5.74) is 0.657. The minimum absolute atomic E-state index is 0. The second-order valence-electron chi connectivity index (χ2n) is 8.57. The van der Waals surface area contributed by atoms with Gasteiger partial charge in [-0.25, -0.2) is 8.78 Å². The predicted octanol–water partition coefficient (Wildman–Crippen LogP) is 3.24. The van der Waals surface area contributed by atoms with Crippen LogP contribution in [-0.4, -0.2) is 62.8 Å². The Hall–Kier alpha value is -1.16. The average molecular weight is 518 g/mol. The summed E-state index contributed by atoms with van der Waals surface area (Å²) >= 11 is 0. The lowest BCUT2D eigenvalue weighted by atomic mass is 9.46. The van der Waals surface area contributed by atoms with Crippen LogP contribution in [0, 0.1) is 23.0 Å². The van der Waals surface area contributed by atoms with E-state index in [4.69, 9.17) is 4.74 Å². The molecular formula is C21H29F2IN4O. The lowest BCUT2D eigenvalue weighted by Crippen LogP contribution is -2.73. The van der Waals surface area contributed by atoms with Crippen molar-refractivity contribution in [3.05, 3.63) is 29.8 Å². The third-order valence-corrected chi connectivity index (χ3v) is 7.36. The monoisotopic (exact) mass is 518 g/mol. The summed E-state index contributed by atoms with van der Waals surface area (Å²) in [5, 5.41) is 3.76. The van der Waals surface area contributed by atoms with Gasteiger partial charge in [-0.1, -0.05) is 6.42 Å². The van der Waals surface area contributed by atoms with Crippen molar-refractivity contribution >= 4 is 35.6 Å². The van der Waals surface area contributed by atoms with E-state index in [0.29, 0.717) is 42.3 Å². The zero-order valence-electron chi connectivity index (χ0n) is 16.7. The van der Waals surface area contributed by atoms with Crippen LogP contribution in [0.3, 0.4) is 0 Å². The number of halogens is 3. The van der Waals surface area contributed by atoms with E-state index in [1.54, 1.807) is 0 Å². The molecule has 1 N–H and O–H groups in total. The summed E-state index contributed by atoms with van der Waals surface area (Å²) < 4.78 is 33.6. The normalized spacial score (nSPS) is 30.3. The Kier molecular flexibility index (Phi) is 5.94. The Labute approximate surface area is 187 Å². The Morgan fingerprint density at radius 2 is 1.97 bits per heavy atom. The molecule has 1 aromatic rings. The average Bonchev–Trinajstić information content (AvgIpc) is 3.09. The van der Waals surface area contributed by atoms with E-state index in [1.165, 1.54) is 31.4 Å². The fraction of sp³-hybridized carbons (Fsp3) is 0.667. The zero-order chi connectivity index (χ0) is 19.3. The van der Waals surface area contributed by atoms with Crippen LogP contribution >= 0.6 is 24.0 Å². The van der Waals surface area contributed by atoms with E-state index in [-0.39, 0.29) is 29.8 Å². The Bertz CT molecular complexity index is 780. The van der Waals surface area contributed by atoms with Crippen LogP contribution in [0.25, 0.3) is 0 Å². The molecule has 3 atom stereocenters. The molecule has 0 bridgehead atoms. The molecule has 2 heterocycles. The van der Waals surface area contributed by atoms with Gasteiger partial charge in [-0.05, 0) is 31.4 Å². The number of nitrogens with zero attached hydrogens (tertiary/aromatic N) is 3. The van der Waals surface area contributed by atoms with E-state index in [1.807, 2.05) is 11.9 Å². The smallest absolute Gasteiger partial charge is 0.194 e. The fourth-order valence-corrected chi connectivity index (χ4v) is 5.78. The molecule has 1 spiro atoms. The molecule has 0 aromatic heterocycles. The molecule has 5 rings (SSSR count). The van der Waals surface area contributed by atoms with Gasteiger partial charge in [-0.2, -0.15) is 0 Å². The SMILES string of the molecule is CN=C(NC1C2CCOC2C12CCC2)N1CCN(c2cc(F)ccc2F)CC1.I. The fourth-order valence-electron chi connectivity index (χ4n) is 5.78. The highest BCUT2D eigenvalue weighted by Gasteiger charge is 2.66. The van der Waals surface area contributed by atoms with Crippen molar-refractivity contribution in [2.75, 3.05) is 44.7 Å². The van der Waals surface area contributed by atoms with Gasteiger partial charge < -0.3 is 19.9 Å². The van der Waals surface area contributed by atoms with Crippen LogP contribution in [0.1, 0.15) is 25.7 Å².